The Balaban J connectivity index is 3.64. The van der Waals surface area contributed by atoms with Crippen LogP contribution in [0.2, 0.25) is 0 Å². The second-order valence-electron chi connectivity index (χ2n) is 6.05. The Labute approximate surface area is 98.8 Å². The van der Waals surface area contributed by atoms with Gasteiger partial charge in [-0.15, -0.1) is 0 Å². The standard InChI is InChI=1S/C12H26N2O2/c1-11(2,3)14-10(16)6-7-13-8-12(4,5)9-15/h13,15H,6-9H2,1-5H3,(H,14,16). The monoisotopic (exact) mass is 230 g/mol. The predicted octanol–water partition coefficient (Wildman–Crippen LogP) is 0.899. The fourth-order valence-electron chi connectivity index (χ4n) is 1.17. The summed E-state index contributed by atoms with van der Waals surface area (Å²) < 4.78 is 0. The summed E-state index contributed by atoms with van der Waals surface area (Å²) in [5.74, 6) is 0.0572. The number of hydrogen-bond acceptors (Lipinski definition) is 3. The number of amides is 1. The van der Waals surface area contributed by atoms with E-state index >= 15 is 0 Å². The number of rotatable bonds is 6. The Morgan fingerprint density at radius 3 is 2.19 bits per heavy atom. The van der Waals surface area contributed by atoms with Gasteiger partial charge in [-0.3, -0.25) is 4.79 Å². The van der Waals surface area contributed by atoms with Gasteiger partial charge in [-0.25, -0.2) is 0 Å². The highest BCUT2D eigenvalue weighted by Crippen LogP contribution is 2.10. The largest absolute Gasteiger partial charge is 0.396 e. The molecule has 0 unspecified atom stereocenters. The van der Waals surface area contributed by atoms with Gasteiger partial charge in [0.15, 0.2) is 0 Å². The van der Waals surface area contributed by atoms with E-state index in [0.717, 1.165) is 0 Å². The summed E-state index contributed by atoms with van der Waals surface area (Å²) in [6.07, 6.45) is 0.471. The summed E-state index contributed by atoms with van der Waals surface area (Å²) in [5, 5.41) is 15.1. The van der Waals surface area contributed by atoms with Crippen molar-refractivity contribution in [3.8, 4) is 0 Å². The maximum Gasteiger partial charge on any atom is 0.221 e. The van der Waals surface area contributed by atoms with Crippen LogP contribution < -0.4 is 10.6 Å². The molecular formula is C12H26N2O2. The molecule has 0 bridgehead atoms. The molecule has 4 heteroatoms. The first-order valence-electron chi connectivity index (χ1n) is 5.79. The van der Waals surface area contributed by atoms with Crippen molar-refractivity contribution in [3.05, 3.63) is 0 Å². The molecule has 0 aromatic heterocycles. The second kappa shape index (κ2) is 6.21. The van der Waals surface area contributed by atoms with Gasteiger partial charge in [0.05, 0.1) is 0 Å². The molecule has 0 aliphatic rings. The van der Waals surface area contributed by atoms with Crippen LogP contribution in [0.3, 0.4) is 0 Å². The Bertz CT molecular complexity index is 220. The van der Waals surface area contributed by atoms with Gasteiger partial charge in [0, 0.05) is 37.1 Å². The van der Waals surface area contributed by atoms with Crippen molar-refractivity contribution in [1.29, 1.82) is 0 Å². The first kappa shape index (κ1) is 15.4. The smallest absolute Gasteiger partial charge is 0.221 e. The van der Waals surface area contributed by atoms with Crippen LogP contribution in [0.1, 0.15) is 41.0 Å². The molecule has 3 N–H and O–H groups in total. The van der Waals surface area contributed by atoms with E-state index in [1.54, 1.807) is 0 Å². The number of aliphatic hydroxyl groups is 1. The molecular weight excluding hydrogens is 204 g/mol. The first-order chi connectivity index (χ1) is 7.16. The van der Waals surface area contributed by atoms with Gasteiger partial charge in [0.25, 0.3) is 0 Å². The minimum atomic E-state index is -0.165. The van der Waals surface area contributed by atoms with Crippen molar-refractivity contribution in [2.75, 3.05) is 19.7 Å². The van der Waals surface area contributed by atoms with Crippen LogP contribution in [0, 0.1) is 5.41 Å². The molecule has 0 saturated heterocycles. The summed E-state index contributed by atoms with van der Waals surface area (Å²) in [4.78, 5) is 11.5. The van der Waals surface area contributed by atoms with Crippen LogP contribution in [0.4, 0.5) is 0 Å². The molecule has 0 aromatic rings. The lowest BCUT2D eigenvalue weighted by Gasteiger charge is -2.23. The molecule has 0 atom stereocenters. The van der Waals surface area contributed by atoms with Gasteiger partial charge in [0.2, 0.25) is 5.91 Å². The molecule has 96 valence electrons. The molecule has 0 radical (unpaired) electrons. The van der Waals surface area contributed by atoms with Crippen molar-refractivity contribution in [2.45, 2.75) is 46.6 Å². The highest BCUT2D eigenvalue weighted by Gasteiger charge is 2.16. The molecule has 4 nitrogen and oxygen atoms in total. The van der Waals surface area contributed by atoms with Crippen molar-refractivity contribution >= 4 is 5.91 Å². The van der Waals surface area contributed by atoms with Crippen molar-refractivity contribution in [2.24, 2.45) is 5.41 Å². The molecule has 0 rings (SSSR count). The number of hydrogen-bond donors (Lipinski definition) is 3. The second-order valence-corrected chi connectivity index (χ2v) is 6.05. The van der Waals surface area contributed by atoms with Crippen molar-refractivity contribution in [3.63, 3.8) is 0 Å². The van der Waals surface area contributed by atoms with Crippen molar-refractivity contribution in [1.82, 2.24) is 10.6 Å². The van der Waals surface area contributed by atoms with E-state index in [1.807, 2.05) is 34.6 Å². The quantitative estimate of drug-likeness (QED) is 0.594. The molecule has 0 heterocycles. The fourth-order valence-corrected chi connectivity index (χ4v) is 1.17. The molecule has 0 aliphatic carbocycles. The fraction of sp³-hybridized carbons (Fsp3) is 0.917. The van der Waals surface area contributed by atoms with E-state index in [1.165, 1.54) is 0 Å². The zero-order chi connectivity index (χ0) is 12.8. The Hall–Kier alpha value is -0.610. The van der Waals surface area contributed by atoms with Gasteiger partial charge in [-0.2, -0.15) is 0 Å². The van der Waals surface area contributed by atoms with Crippen molar-refractivity contribution < 1.29 is 9.90 Å². The maximum absolute atomic E-state index is 11.5. The zero-order valence-corrected chi connectivity index (χ0v) is 11.2. The number of nitrogens with one attached hydrogen (secondary N) is 2. The third-order valence-corrected chi connectivity index (χ3v) is 2.07. The van der Waals surface area contributed by atoms with E-state index in [2.05, 4.69) is 10.6 Å². The number of carbonyl (C=O) groups excluding carboxylic acids is 1. The normalized spacial score (nSPS) is 12.6. The van der Waals surface area contributed by atoms with Gasteiger partial charge >= 0.3 is 0 Å². The summed E-state index contributed by atoms with van der Waals surface area (Å²) in [5.41, 5.74) is -0.290. The highest BCUT2D eigenvalue weighted by atomic mass is 16.3. The third-order valence-electron chi connectivity index (χ3n) is 2.07. The molecule has 0 aliphatic heterocycles. The number of aliphatic hydroxyl groups excluding tert-OH is 1. The summed E-state index contributed by atoms with van der Waals surface area (Å²) in [6.45, 7) is 11.4. The van der Waals surface area contributed by atoms with Crippen LogP contribution in [0.15, 0.2) is 0 Å². The van der Waals surface area contributed by atoms with E-state index in [9.17, 15) is 4.79 Å². The third kappa shape index (κ3) is 8.68. The van der Waals surface area contributed by atoms with E-state index in [0.29, 0.717) is 19.5 Å². The van der Waals surface area contributed by atoms with Gasteiger partial charge in [0.1, 0.15) is 0 Å². The SMILES string of the molecule is CC(C)(CO)CNCCC(=O)NC(C)(C)C. The molecule has 0 spiro atoms. The molecule has 1 amide bonds. The molecule has 16 heavy (non-hydrogen) atoms. The maximum atomic E-state index is 11.5. The van der Waals surface area contributed by atoms with Crippen LogP contribution in [0.25, 0.3) is 0 Å². The average Bonchev–Trinajstić information content (AvgIpc) is 2.10. The Morgan fingerprint density at radius 1 is 1.19 bits per heavy atom. The summed E-state index contributed by atoms with van der Waals surface area (Å²) in [6, 6.07) is 0. The van der Waals surface area contributed by atoms with Gasteiger partial charge < -0.3 is 15.7 Å². The van der Waals surface area contributed by atoms with Crippen LogP contribution in [0.5, 0.6) is 0 Å². The Morgan fingerprint density at radius 2 is 1.75 bits per heavy atom. The van der Waals surface area contributed by atoms with E-state index < -0.39 is 0 Å². The van der Waals surface area contributed by atoms with E-state index in [4.69, 9.17) is 5.11 Å². The minimum Gasteiger partial charge on any atom is -0.396 e. The summed E-state index contributed by atoms with van der Waals surface area (Å²) in [7, 11) is 0. The number of carbonyl (C=O) groups is 1. The zero-order valence-electron chi connectivity index (χ0n) is 11.2. The lowest BCUT2D eigenvalue weighted by molar-refractivity contribution is -0.122. The molecule has 0 aromatic carbocycles. The molecule has 0 fully saturated rings. The molecule has 0 saturated carbocycles. The van der Waals surface area contributed by atoms with Crippen LogP contribution in [-0.2, 0) is 4.79 Å². The lowest BCUT2D eigenvalue weighted by Crippen LogP contribution is -2.42. The van der Waals surface area contributed by atoms with Gasteiger partial charge in [-0.05, 0) is 20.8 Å². The van der Waals surface area contributed by atoms with E-state index in [-0.39, 0.29) is 23.5 Å². The first-order valence-corrected chi connectivity index (χ1v) is 5.79. The topological polar surface area (TPSA) is 61.4 Å². The highest BCUT2D eigenvalue weighted by molar-refractivity contribution is 5.76. The van der Waals surface area contributed by atoms with Crippen LogP contribution in [-0.4, -0.2) is 36.2 Å². The predicted molar refractivity (Wildman–Crippen MR) is 66.2 cm³/mol. The lowest BCUT2D eigenvalue weighted by atomic mass is 9.95. The van der Waals surface area contributed by atoms with Crippen LogP contribution >= 0.6 is 0 Å². The average molecular weight is 230 g/mol. The summed E-state index contributed by atoms with van der Waals surface area (Å²) >= 11 is 0. The van der Waals surface area contributed by atoms with Gasteiger partial charge in [-0.1, -0.05) is 13.8 Å². The minimum absolute atomic E-state index is 0.0572. The Kier molecular flexibility index (Phi) is 5.97.